The van der Waals surface area contributed by atoms with E-state index in [-0.39, 0.29) is 13.2 Å². The number of hydrogen-bond donors (Lipinski definition) is 1. The second-order valence-electron chi connectivity index (χ2n) is 8.49. The van der Waals surface area contributed by atoms with E-state index < -0.39 is 44.0 Å². The van der Waals surface area contributed by atoms with Crippen molar-refractivity contribution < 1.29 is 37.1 Å². The molecular formula is C21H21N4O8PS. The third-order valence-corrected chi connectivity index (χ3v) is 8.80. The number of fused-ring (bicyclic) bond motifs is 2. The molecule has 3 aliphatic rings. The molecule has 6 rings (SSSR count). The molecule has 12 nitrogen and oxygen atoms in total. The maximum atomic E-state index is 13.2. The minimum atomic E-state index is -3.90. The van der Waals surface area contributed by atoms with Crippen LogP contribution >= 0.6 is 19.2 Å². The Morgan fingerprint density at radius 2 is 2.14 bits per heavy atom. The van der Waals surface area contributed by atoms with Gasteiger partial charge in [-0.1, -0.05) is 0 Å². The van der Waals surface area contributed by atoms with E-state index in [1.807, 2.05) is 5.38 Å². The normalized spacial score (nSPS) is 34.5. The molecule has 0 bridgehead atoms. The van der Waals surface area contributed by atoms with Gasteiger partial charge >= 0.3 is 14.0 Å². The Balaban J connectivity index is 1.23. The Bertz CT molecular complexity index is 1330. The van der Waals surface area contributed by atoms with E-state index in [0.717, 1.165) is 5.56 Å². The van der Waals surface area contributed by atoms with Crippen molar-refractivity contribution in [2.75, 3.05) is 18.9 Å². The molecule has 0 spiro atoms. The first kappa shape index (κ1) is 22.8. The van der Waals surface area contributed by atoms with E-state index in [4.69, 9.17) is 33.5 Å². The maximum absolute atomic E-state index is 13.2. The summed E-state index contributed by atoms with van der Waals surface area (Å²) in [6, 6.07) is 3.57. The maximum Gasteiger partial charge on any atom is 0.509 e. The van der Waals surface area contributed by atoms with Crippen molar-refractivity contribution in [3.05, 3.63) is 46.7 Å². The summed E-state index contributed by atoms with van der Waals surface area (Å²) in [5.74, 6) is 0.338. The Hall–Kier alpha value is -2.67. The van der Waals surface area contributed by atoms with Crippen molar-refractivity contribution in [3.63, 3.8) is 0 Å². The molecule has 184 valence electrons. The first-order valence-electron chi connectivity index (χ1n) is 10.9. The molecule has 3 aliphatic heterocycles. The van der Waals surface area contributed by atoms with E-state index in [0.29, 0.717) is 28.0 Å². The monoisotopic (exact) mass is 520 g/mol. The topological polar surface area (TPSA) is 154 Å². The number of ether oxygens (including phenoxy) is 3. The Morgan fingerprint density at radius 3 is 2.97 bits per heavy atom. The van der Waals surface area contributed by atoms with Gasteiger partial charge in [0.2, 0.25) is 0 Å². The molecule has 1 unspecified atom stereocenters. The molecule has 3 saturated heterocycles. The van der Waals surface area contributed by atoms with Crippen LogP contribution in [0.25, 0.3) is 10.9 Å². The van der Waals surface area contributed by atoms with Crippen LogP contribution < -0.4 is 5.73 Å². The summed E-state index contributed by atoms with van der Waals surface area (Å²) in [6.07, 6.45) is 1.53. The van der Waals surface area contributed by atoms with Crippen LogP contribution in [-0.4, -0.2) is 52.1 Å². The number of carbonyl (C=O) groups excluding carboxylic acids is 1. The molecule has 0 radical (unpaired) electrons. The van der Waals surface area contributed by atoms with Gasteiger partial charge in [0.25, 0.3) is 0 Å². The van der Waals surface area contributed by atoms with Crippen LogP contribution in [0.4, 0.5) is 10.6 Å². The standard InChI is InChI=1S/C21H21N4O8PS/c1-21-17(31-20(26)32-21)14(30-18(21)16-15-12(9-35-16)19(22)25-10-24-15)8-29-34(27)28-7-4-13(33-34)11-2-5-23-6-3-11/h2-3,5-6,9-10,13-14,17-18H,4,7-8H2,1H3,(H2,22,24,25)/t13-,14+,17+,18-,21+,34?/m0/s1. The van der Waals surface area contributed by atoms with E-state index in [1.54, 1.807) is 31.5 Å². The first-order chi connectivity index (χ1) is 16.9. The second-order valence-corrected chi connectivity index (χ2v) is 11.0. The largest absolute Gasteiger partial charge is 0.509 e. The molecule has 0 aromatic carbocycles. The van der Waals surface area contributed by atoms with E-state index >= 15 is 0 Å². The molecule has 2 N–H and O–H groups in total. The lowest BCUT2D eigenvalue weighted by molar-refractivity contribution is -0.0613. The van der Waals surface area contributed by atoms with E-state index in [2.05, 4.69) is 15.0 Å². The molecule has 0 aliphatic carbocycles. The molecule has 0 saturated carbocycles. The molecule has 3 fully saturated rings. The summed E-state index contributed by atoms with van der Waals surface area (Å²) in [5.41, 5.74) is 6.24. The number of aromatic nitrogens is 3. The summed E-state index contributed by atoms with van der Waals surface area (Å²) in [6.45, 7) is 1.70. The predicted octanol–water partition coefficient (Wildman–Crippen LogP) is 3.71. The highest BCUT2D eigenvalue weighted by Crippen LogP contribution is 2.58. The van der Waals surface area contributed by atoms with Gasteiger partial charge in [0.1, 0.15) is 24.4 Å². The molecule has 35 heavy (non-hydrogen) atoms. The average molecular weight is 520 g/mol. The fourth-order valence-corrected chi connectivity index (χ4v) is 7.15. The average Bonchev–Trinajstić information content (AvgIpc) is 3.48. The lowest BCUT2D eigenvalue weighted by atomic mass is 9.91. The van der Waals surface area contributed by atoms with Gasteiger partial charge in [0, 0.05) is 24.2 Å². The lowest BCUT2D eigenvalue weighted by Gasteiger charge is -2.29. The molecule has 3 aromatic heterocycles. The number of anilines is 1. The fraction of sp³-hybridized carbons (Fsp3) is 0.429. The van der Waals surface area contributed by atoms with Crippen molar-refractivity contribution in [2.45, 2.75) is 43.4 Å². The fourth-order valence-electron chi connectivity index (χ4n) is 4.59. The second kappa shape index (κ2) is 8.47. The first-order valence-corrected chi connectivity index (χ1v) is 13.2. The predicted molar refractivity (Wildman–Crippen MR) is 121 cm³/mol. The summed E-state index contributed by atoms with van der Waals surface area (Å²) in [7, 11) is -3.90. The Morgan fingerprint density at radius 1 is 1.31 bits per heavy atom. The number of nitrogens with zero attached hydrogens (tertiary/aromatic N) is 3. The van der Waals surface area contributed by atoms with Crippen molar-refractivity contribution >= 4 is 42.0 Å². The number of phosphoric ester groups is 1. The number of rotatable bonds is 5. The molecule has 0 amide bonds. The zero-order valence-electron chi connectivity index (χ0n) is 18.4. The van der Waals surface area contributed by atoms with Gasteiger partial charge in [0.15, 0.2) is 11.7 Å². The molecule has 6 atom stereocenters. The van der Waals surface area contributed by atoms with Crippen LogP contribution in [0.3, 0.4) is 0 Å². The zero-order chi connectivity index (χ0) is 24.2. The Labute approximate surface area is 203 Å². The molecule has 3 aromatic rings. The number of thiophene rings is 1. The lowest BCUT2D eigenvalue weighted by Crippen LogP contribution is -2.40. The van der Waals surface area contributed by atoms with Gasteiger partial charge in [-0.05, 0) is 24.6 Å². The van der Waals surface area contributed by atoms with Crippen molar-refractivity contribution in [3.8, 4) is 0 Å². The van der Waals surface area contributed by atoms with Gasteiger partial charge in [0.05, 0.1) is 35.1 Å². The van der Waals surface area contributed by atoms with Crippen LogP contribution in [0.1, 0.15) is 36.0 Å². The quantitative estimate of drug-likeness (QED) is 0.385. The van der Waals surface area contributed by atoms with Crippen LogP contribution in [0.2, 0.25) is 0 Å². The summed E-state index contributed by atoms with van der Waals surface area (Å²) in [5, 5.41) is 2.50. The zero-order valence-corrected chi connectivity index (χ0v) is 20.1. The summed E-state index contributed by atoms with van der Waals surface area (Å²) >= 11 is 1.36. The van der Waals surface area contributed by atoms with Crippen molar-refractivity contribution in [1.82, 2.24) is 15.0 Å². The minimum Gasteiger partial charge on any atom is -0.424 e. The Kier molecular flexibility index (Phi) is 5.51. The van der Waals surface area contributed by atoms with E-state index in [9.17, 15) is 9.36 Å². The number of carbonyl (C=O) groups is 1. The van der Waals surface area contributed by atoms with Gasteiger partial charge < -0.3 is 19.9 Å². The smallest absolute Gasteiger partial charge is 0.424 e. The number of pyridine rings is 1. The van der Waals surface area contributed by atoms with Crippen LogP contribution in [0.15, 0.2) is 36.2 Å². The van der Waals surface area contributed by atoms with Gasteiger partial charge in [-0.25, -0.2) is 19.3 Å². The molecular weight excluding hydrogens is 499 g/mol. The van der Waals surface area contributed by atoms with Crippen LogP contribution in [-0.2, 0) is 32.3 Å². The summed E-state index contributed by atoms with van der Waals surface area (Å²) < 4.78 is 47.2. The van der Waals surface area contributed by atoms with Crippen LogP contribution in [0, 0.1) is 0 Å². The van der Waals surface area contributed by atoms with Gasteiger partial charge in [-0.2, -0.15) is 0 Å². The highest BCUT2D eigenvalue weighted by atomic mass is 32.1. The third-order valence-electron chi connectivity index (χ3n) is 6.31. The number of hydrogen-bond acceptors (Lipinski definition) is 13. The summed E-state index contributed by atoms with van der Waals surface area (Å²) in [4.78, 5) is 25.2. The number of nitrogens with two attached hydrogens (primary N) is 1. The van der Waals surface area contributed by atoms with E-state index in [1.165, 1.54) is 17.7 Å². The minimum absolute atomic E-state index is 0.194. The highest BCUT2D eigenvalue weighted by molar-refractivity contribution is 7.48. The van der Waals surface area contributed by atoms with Gasteiger partial charge in [-0.3, -0.25) is 18.6 Å². The van der Waals surface area contributed by atoms with Gasteiger partial charge in [-0.15, -0.1) is 11.3 Å². The number of phosphoric acid groups is 1. The SMILES string of the molecule is C[C@@]12OC(=O)O[C@@H]1[C@@H](COP1(=O)OCC[C@@H](c3ccncc3)O1)O[C@H]2c1scc2c(N)ncnc12. The highest BCUT2D eigenvalue weighted by Gasteiger charge is 2.64. The third kappa shape index (κ3) is 3.88. The number of nitrogen functional groups attached to an aromatic ring is 1. The van der Waals surface area contributed by atoms with Crippen molar-refractivity contribution in [1.29, 1.82) is 0 Å². The molecule has 6 heterocycles. The van der Waals surface area contributed by atoms with Crippen molar-refractivity contribution in [2.24, 2.45) is 0 Å². The van der Waals surface area contributed by atoms with Crippen LogP contribution in [0.5, 0.6) is 0 Å². The molecule has 14 heteroatoms.